The molecule has 0 fully saturated rings. The molecule has 0 aliphatic carbocycles. The average Bonchev–Trinajstić information content (AvgIpc) is 2.23. The fraction of sp³-hybridized carbons (Fsp3) is 0. The van der Waals surface area contributed by atoms with E-state index in [1.165, 1.54) is 24.9 Å². The summed E-state index contributed by atoms with van der Waals surface area (Å²) in [5, 5.41) is 0. The molecule has 70 valence electrons. The van der Waals surface area contributed by atoms with Crippen LogP contribution in [0.1, 0.15) is 0 Å². The van der Waals surface area contributed by atoms with Gasteiger partial charge < -0.3 is 5.73 Å². The number of aromatic nitrogens is 4. The quantitative estimate of drug-likeness (QED) is 0.716. The van der Waals surface area contributed by atoms with Gasteiger partial charge in [0.05, 0.1) is 6.20 Å². The van der Waals surface area contributed by atoms with Crippen LogP contribution in [0.2, 0.25) is 0 Å². The first-order valence-electron chi connectivity index (χ1n) is 3.81. The Labute approximate surface area is 78.9 Å². The van der Waals surface area contributed by atoms with Crippen LogP contribution in [0.3, 0.4) is 0 Å². The molecule has 0 aliphatic heterocycles. The maximum atomic E-state index is 13.4. The maximum absolute atomic E-state index is 13.4. The number of hydrogen-bond donors (Lipinski definition) is 1. The molecular formula is C8H6FN5. The zero-order valence-electron chi connectivity index (χ0n) is 7.05. The van der Waals surface area contributed by atoms with Crippen LogP contribution in [0.4, 0.5) is 10.2 Å². The summed E-state index contributed by atoms with van der Waals surface area (Å²) in [4.78, 5) is 15.0. The van der Waals surface area contributed by atoms with Crippen molar-refractivity contribution in [2.24, 2.45) is 0 Å². The molecule has 2 aromatic heterocycles. The highest BCUT2D eigenvalue weighted by Crippen LogP contribution is 2.18. The van der Waals surface area contributed by atoms with Crippen molar-refractivity contribution >= 4 is 5.82 Å². The highest BCUT2D eigenvalue weighted by Gasteiger charge is 2.11. The van der Waals surface area contributed by atoms with E-state index in [2.05, 4.69) is 19.9 Å². The Balaban J connectivity index is 2.58. The molecule has 2 N–H and O–H groups in total. The summed E-state index contributed by atoms with van der Waals surface area (Å²) in [7, 11) is 0. The van der Waals surface area contributed by atoms with Gasteiger partial charge >= 0.3 is 0 Å². The fourth-order valence-electron chi connectivity index (χ4n) is 0.983. The number of nitrogens with zero attached hydrogens (tertiary/aromatic N) is 4. The Hall–Kier alpha value is -2.11. The third-order valence-corrected chi connectivity index (χ3v) is 1.62. The average molecular weight is 191 g/mol. The lowest BCUT2D eigenvalue weighted by Gasteiger charge is -2.01. The molecule has 0 radical (unpaired) electrons. The predicted molar refractivity (Wildman–Crippen MR) is 47.4 cm³/mol. The second-order valence-corrected chi connectivity index (χ2v) is 2.51. The normalized spacial score (nSPS) is 10.1. The lowest BCUT2D eigenvalue weighted by molar-refractivity contribution is 0.623. The molecule has 6 heteroatoms. The third-order valence-electron chi connectivity index (χ3n) is 1.62. The molecule has 0 saturated heterocycles. The topological polar surface area (TPSA) is 77.6 Å². The summed E-state index contributed by atoms with van der Waals surface area (Å²) in [6.45, 7) is 0. The lowest BCUT2D eigenvalue weighted by Crippen LogP contribution is -2.00. The minimum Gasteiger partial charge on any atom is -0.381 e. The Morgan fingerprint density at radius 2 is 2.00 bits per heavy atom. The van der Waals surface area contributed by atoms with Crippen molar-refractivity contribution in [3.8, 4) is 11.4 Å². The second-order valence-electron chi connectivity index (χ2n) is 2.51. The molecule has 0 saturated carbocycles. The monoisotopic (exact) mass is 191 g/mol. The molecule has 0 aliphatic rings. The number of halogens is 1. The minimum atomic E-state index is -0.673. The van der Waals surface area contributed by atoms with Crippen LogP contribution in [-0.4, -0.2) is 19.9 Å². The van der Waals surface area contributed by atoms with Crippen molar-refractivity contribution in [3.05, 3.63) is 30.7 Å². The van der Waals surface area contributed by atoms with Gasteiger partial charge in [-0.05, 0) is 0 Å². The number of rotatable bonds is 1. The summed E-state index contributed by atoms with van der Waals surface area (Å²) in [5.41, 5.74) is 5.68. The Kier molecular flexibility index (Phi) is 2.02. The maximum Gasteiger partial charge on any atom is 0.193 e. The minimum absolute atomic E-state index is 0.0607. The van der Waals surface area contributed by atoms with Gasteiger partial charge in [-0.2, -0.15) is 0 Å². The standard InChI is InChI=1S/C8H6FN5/c9-6-7(13-4-14-8(6)10)5-3-11-1-2-12-5/h1-4H,(H2,10,13,14). The Morgan fingerprint density at radius 3 is 2.71 bits per heavy atom. The van der Waals surface area contributed by atoms with Gasteiger partial charge in [0.1, 0.15) is 17.7 Å². The summed E-state index contributed by atoms with van der Waals surface area (Å²) < 4.78 is 13.4. The predicted octanol–water partition coefficient (Wildman–Crippen LogP) is 0.655. The van der Waals surface area contributed by atoms with Crippen molar-refractivity contribution in [1.82, 2.24) is 19.9 Å². The van der Waals surface area contributed by atoms with Crippen LogP contribution in [0.15, 0.2) is 24.9 Å². The van der Waals surface area contributed by atoms with Crippen molar-refractivity contribution < 1.29 is 4.39 Å². The van der Waals surface area contributed by atoms with Crippen molar-refractivity contribution in [3.63, 3.8) is 0 Å². The van der Waals surface area contributed by atoms with Gasteiger partial charge in [-0.25, -0.2) is 14.4 Å². The lowest BCUT2D eigenvalue weighted by atomic mass is 10.3. The molecule has 0 bridgehead atoms. The highest BCUT2D eigenvalue weighted by molar-refractivity contribution is 5.57. The molecule has 2 rings (SSSR count). The summed E-state index contributed by atoms with van der Waals surface area (Å²) >= 11 is 0. The zero-order valence-corrected chi connectivity index (χ0v) is 7.05. The number of hydrogen-bond acceptors (Lipinski definition) is 5. The molecule has 0 atom stereocenters. The largest absolute Gasteiger partial charge is 0.381 e. The van der Waals surface area contributed by atoms with E-state index in [-0.39, 0.29) is 11.5 Å². The van der Waals surface area contributed by atoms with Gasteiger partial charge in [0.15, 0.2) is 11.6 Å². The van der Waals surface area contributed by atoms with Gasteiger partial charge in [-0.15, -0.1) is 0 Å². The van der Waals surface area contributed by atoms with E-state index in [4.69, 9.17) is 5.73 Å². The summed E-state index contributed by atoms with van der Waals surface area (Å²) in [5.74, 6) is -0.867. The van der Waals surface area contributed by atoms with Crippen LogP contribution >= 0.6 is 0 Å². The highest BCUT2D eigenvalue weighted by atomic mass is 19.1. The van der Waals surface area contributed by atoms with E-state index in [1.807, 2.05) is 0 Å². The zero-order chi connectivity index (χ0) is 9.97. The van der Waals surface area contributed by atoms with Gasteiger partial charge in [0.2, 0.25) is 0 Å². The first-order valence-corrected chi connectivity index (χ1v) is 3.81. The van der Waals surface area contributed by atoms with Crippen molar-refractivity contribution in [2.45, 2.75) is 0 Å². The molecule has 0 amide bonds. The number of nitrogen functional groups attached to an aromatic ring is 1. The summed E-state index contributed by atoms with van der Waals surface area (Å²) in [6, 6.07) is 0. The molecule has 0 unspecified atom stereocenters. The Morgan fingerprint density at radius 1 is 1.14 bits per heavy atom. The van der Waals surface area contributed by atoms with Crippen LogP contribution in [0.25, 0.3) is 11.4 Å². The van der Waals surface area contributed by atoms with Crippen LogP contribution in [0.5, 0.6) is 0 Å². The van der Waals surface area contributed by atoms with E-state index < -0.39 is 5.82 Å². The van der Waals surface area contributed by atoms with Crippen molar-refractivity contribution in [1.29, 1.82) is 0 Å². The molecule has 0 spiro atoms. The molecule has 14 heavy (non-hydrogen) atoms. The molecular weight excluding hydrogens is 185 g/mol. The van der Waals surface area contributed by atoms with Crippen LogP contribution in [0, 0.1) is 5.82 Å². The van der Waals surface area contributed by atoms with Crippen LogP contribution in [-0.2, 0) is 0 Å². The van der Waals surface area contributed by atoms with Gasteiger partial charge in [-0.1, -0.05) is 0 Å². The van der Waals surface area contributed by atoms with Crippen LogP contribution < -0.4 is 5.73 Å². The van der Waals surface area contributed by atoms with Gasteiger partial charge in [-0.3, -0.25) is 9.97 Å². The number of nitrogens with two attached hydrogens (primary N) is 1. The fourth-order valence-corrected chi connectivity index (χ4v) is 0.983. The van der Waals surface area contributed by atoms with E-state index in [1.54, 1.807) is 0 Å². The third kappa shape index (κ3) is 1.37. The smallest absolute Gasteiger partial charge is 0.193 e. The summed E-state index contributed by atoms with van der Waals surface area (Å²) in [6.07, 6.45) is 5.53. The first-order chi connectivity index (χ1) is 6.79. The molecule has 0 aromatic carbocycles. The second kappa shape index (κ2) is 3.33. The van der Waals surface area contributed by atoms with E-state index in [9.17, 15) is 4.39 Å². The van der Waals surface area contributed by atoms with E-state index in [0.717, 1.165) is 0 Å². The number of anilines is 1. The van der Waals surface area contributed by atoms with E-state index >= 15 is 0 Å². The first kappa shape index (κ1) is 8.49. The molecule has 5 nitrogen and oxygen atoms in total. The van der Waals surface area contributed by atoms with E-state index in [0.29, 0.717) is 5.69 Å². The van der Waals surface area contributed by atoms with Crippen molar-refractivity contribution in [2.75, 3.05) is 5.73 Å². The Bertz CT molecular complexity index is 445. The molecule has 2 aromatic rings. The molecule has 2 heterocycles. The SMILES string of the molecule is Nc1ncnc(-c2cnccn2)c1F. The van der Waals surface area contributed by atoms with Gasteiger partial charge in [0, 0.05) is 12.4 Å². The van der Waals surface area contributed by atoms with Gasteiger partial charge in [0.25, 0.3) is 0 Å².